The van der Waals surface area contributed by atoms with Crippen LogP contribution in [0.3, 0.4) is 0 Å². The van der Waals surface area contributed by atoms with Crippen LogP contribution in [0.25, 0.3) is 0 Å². The molecule has 0 saturated carbocycles. The molecule has 0 N–H and O–H groups in total. The maximum Gasteiger partial charge on any atom is 0.330 e. The molecule has 0 fully saturated rings. The van der Waals surface area contributed by atoms with E-state index >= 15 is 0 Å². The van der Waals surface area contributed by atoms with Gasteiger partial charge in [-0.15, -0.1) is 0 Å². The number of hydrogen-bond donors (Lipinski definition) is 0. The third-order valence-corrected chi connectivity index (χ3v) is 2.41. The minimum Gasteiger partial charge on any atom is -0.370 e. The quantitative estimate of drug-likeness (QED) is 0.458. The van der Waals surface area contributed by atoms with Gasteiger partial charge in [0.1, 0.15) is 11.6 Å². The maximum absolute atomic E-state index is 12.5. The van der Waals surface area contributed by atoms with Crippen LogP contribution in [0.5, 0.6) is 0 Å². The number of nitro groups is 1. The molecule has 0 spiro atoms. The Morgan fingerprint density at radius 2 is 2.05 bits per heavy atom. The molecular formula is C10H8ClF4NO3. The molecule has 0 aliphatic rings. The van der Waals surface area contributed by atoms with Crippen molar-refractivity contribution in [2.24, 2.45) is 0 Å². The molecule has 4 nitrogen and oxygen atoms in total. The average Bonchev–Trinajstić information content (AvgIpc) is 2.30. The van der Waals surface area contributed by atoms with Crippen molar-refractivity contribution in [3.8, 4) is 0 Å². The van der Waals surface area contributed by atoms with E-state index in [1.807, 2.05) is 0 Å². The number of rotatable bonds is 6. The van der Waals surface area contributed by atoms with E-state index in [0.717, 1.165) is 6.07 Å². The summed E-state index contributed by atoms with van der Waals surface area (Å²) >= 11 is 5.54. The van der Waals surface area contributed by atoms with Gasteiger partial charge in [0.25, 0.3) is 5.69 Å². The van der Waals surface area contributed by atoms with E-state index in [-0.39, 0.29) is 10.6 Å². The van der Waals surface area contributed by atoms with Crippen molar-refractivity contribution in [3.63, 3.8) is 0 Å². The molecule has 1 rings (SSSR count). The lowest BCUT2D eigenvalue weighted by molar-refractivity contribution is -0.384. The zero-order valence-electron chi connectivity index (χ0n) is 9.29. The van der Waals surface area contributed by atoms with E-state index in [9.17, 15) is 27.7 Å². The van der Waals surface area contributed by atoms with Gasteiger partial charge in [-0.1, -0.05) is 17.7 Å². The Morgan fingerprint density at radius 3 is 2.58 bits per heavy atom. The first kappa shape index (κ1) is 15.6. The van der Waals surface area contributed by atoms with Gasteiger partial charge in [-0.3, -0.25) is 10.1 Å². The molecule has 0 atom stereocenters. The Hall–Kier alpha value is -1.41. The molecule has 0 unspecified atom stereocenters. The first-order chi connectivity index (χ1) is 8.74. The summed E-state index contributed by atoms with van der Waals surface area (Å²) in [6.07, 6.45) is -3.83. The summed E-state index contributed by atoms with van der Waals surface area (Å²) in [5.74, 6) is -4.25. The van der Waals surface area contributed by atoms with Crippen LogP contribution < -0.4 is 0 Å². The SMILES string of the molecule is O=[N+]([O-])c1cc(COCC(F)(F)C(F)F)ccc1Cl. The van der Waals surface area contributed by atoms with Crippen LogP contribution in [-0.2, 0) is 11.3 Å². The lowest BCUT2D eigenvalue weighted by atomic mass is 10.2. The van der Waals surface area contributed by atoms with E-state index in [1.54, 1.807) is 0 Å². The maximum atomic E-state index is 12.5. The highest BCUT2D eigenvalue weighted by atomic mass is 35.5. The smallest absolute Gasteiger partial charge is 0.330 e. The summed E-state index contributed by atoms with van der Waals surface area (Å²) < 4.78 is 53.1. The van der Waals surface area contributed by atoms with Crippen molar-refractivity contribution >= 4 is 17.3 Å². The van der Waals surface area contributed by atoms with Gasteiger partial charge in [0.05, 0.1) is 11.5 Å². The van der Waals surface area contributed by atoms with Crippen LogP contribution in [0.15, 0.2) is 18.2 Å². The molecule has 0 saturated heterocycles. The summed E-state index contributed by atoms with van der Waals surface area (Å²) in [5, 5.41) is 10.4. The molecule has 19 heavy (non-hydrogen) atoms. The molecule has 106 valence electrons. The second kappa shape index (κ2) is 6.16. The summed E-state index contributed by atoms with van der Waals surface area (Å²) in [6.45, 7) is -1.93. The van der Waals surface area contributed by atoms with E-state index in [2.05, 4.69) is 4.74 Å². The molecule has 1 aromatic rings. The first-order valence-electron chi connectivity index (χ1n) is 4.90. The monoisotopic (exact) mass is 301 g/mol. The molecule has 0 amide bonds. The van der Waals surface area contributed by atoms with E-state index in [1.165, 1.54) is 12.1 Å². The second-order valence-corrected chi connectivity index (χ2v) is 4.00. The number of halogens is 5. The van der Waals surface area contributed by atoms with Crippen molar-refractivity contribution < 1.29 is 27.2 Å². The van der Waals surface area contributed by atoms with Gasteiger partial charge in [0.15, 0.2) is 0 Å². The fraction of sp³-hybridized carbons (Fsp3) is 0.400. The number of benzene rings is 1. The van der Waals surface area contributed by atoms with Gasteiger partial charge in [-0.05, 0) is 11.6 Å². The highest BCUT2D eigenvalue weighted by Gasteiger charge is 2.40. The predicted molar refractivity (Wildman–Crippen MR) is 58.7 cm³/mol. The van der Waals surface area contributed by atoms with Crippen LogP contribution in [0.4, 0.5) is 23.2 Å². The number of ether oxygens (including phenoxy) is 1. The van der Waals surface area contributed by atoms with Gasteiger partial charge in [-0.2, -0.15) is 8.78 Å². The molecule has 1 aromatic carbocycles. The fourth-order valence-electron chi connectivity index (χ4n) is 1.16. The third kappa shape index (κ3) is 4.32. The molecule has 0 aliphatic carbocycles. The van der Waals surface area contributed by atoms with Crippen LogP contribution in [0.1, 0.15) is 5.56 Å². The zero-order chi connectivity index (χ0) is 14.6. The van der Waals surface area contributed by atoms with Crippen LogP contribution in [0.2, 0.25) is 5.02 Å². The zero-order valence-corrected chi connectivity index (χ0v) is 10.0. The van der Waals surface area contributed by atoms with Crippen molar-refractivity contribution in [3.05, 3.63) is 38.9 Å². The normalized spacial score (nSPS) is 11.9. The summed E-state index contributed by atoms with van der Waals surface area (Å²) in [6, 6.07) is 3.54. The lowest BCUT2D eigenvalue weighted by Crippen LogP contribution is -2.32. The van der Waals surface area contributed by atoms with Gasteiger partial charge in [-0.25, -0.2) is 8.78 Å². The van der Waals surface area contributed by atoms with Gasteiger partial charge < -0.3 is 4.74 Å². The lowest BCUT2D eigenvalue weighted by Gasteiger charge is -2.15. The third-order valence-electron chi connectivity index (χ3n) is 2.09. The van der Waals surface area contributed by atoms with Gasteiger partial charge in [0.2, 0.25) is 0 Å². The van der Waals surface area contributed by atoms with Crippen molar-refractivity contribution in [2.75, 3.05) is 6.61 Å². The Balaban J connectivity index is 2.64. The van der Waals surface area contributed by atoms with E-state index < -0.39 is 36.2 Å². The summed E-state index contributed by atoms with van der Waals surface area (Å²) in [7, 11) is 0. The minimum absolute atomic E-state index is 0.119. The Kier molecular flexibility index (Phi) is 5.07. The van der Waals surface area contributed by atoms with Crippen molar-refractivity contribution in [1.29, 1.82) is 0 Å². The van der Waals surface area contributed by atoms with E-state index in [4.69, 9.17) is 11.6 Å². The van der Waals surface area contributed by atoms with Crippen LogP contribution >= 0.6 is 11.6 Å². The molecular weight excluding hydrogens is 294 g/mol. The summed E-state index contributed by atoms with van der Waals surface area (Å²) in [5.41, 5.74) is -0.232. The number of nitro benzene ring substituents is 1. The highest BCUT2D eigenvalue weighted by Crippen LogP contribution is 2.26. The van der Waals surface area contributed by atoms with Gasteiger partial charge >= 0.3 is 12.3 Å². The Bertz CT molecular complexity index is 470. The average molecular weight is 302 g/mol. The molecule has 0 radical (unpaired) electrons. The highest BCUT2D eigenvalue weighted by molar-refractivity contribution is 6.32. The molecule has 0 heterocycles. The first-order valence-corrected chi connectivity index (χ1v) is 5.28. The standard InChI is InChI=1S/C10H8ClF4NO3/c11-7-2-1-6(3-8(7)16(17)18)4-19-5-10(14,15)9(12)13/h1-3,9H,4-5H2. The second-order valence-electron chi connectivity index (χ2n) is 3.60. The Labute approximate surface area is 110 Å². The number of hydrogen-bond acceptors (Lipinski definition) is 3. The van der Waals surface area contributed by atoms with Crippen LogP contribution in [0, 0.1) is 10.1 Å². The number of alkyl halides is 4. The van der Waals surface area contributed by atoms with Gasteiger partial charge in [0, 0.05) is 6.07 Å². The summed E-state index contributed by atoms with van der Waals surface area (Å²) in [4.78, 5) is 9.81. The Morgan fingerprint density at radius 1 is 1.42 bits per heavy atom. The minimum atomic E-state index is -4.25. The van der Waals surface area contributed by atoms with Crippen LogP contribution in [-0.4, -0.2) is 23.9 Å². The van der Waals surface area contributed by atoms with Crippen molar-refractivity contribution in [2.45, 2.75) is 19.0 Å². The topological polar surface area (TPSA) is 52.4 Å². The molecule has 0 aromatic heterocycles. The molecule has 9 heteroatoms. The number of nitrogens with zero attached hydrogens (tertiary/aromatic N) is 1. The van der Waals surface area contributed by atoms with Crippen molar-refractivity contribution in [1.82, 2.24) is 0 Å². The molecule has 0 aliphatic heterocycles. The predicted octanol–water partition coefficient (Wildman–Crippen LogP) is 3.67. The van der Waals surface area contributed by atoms with E-state index in [0.29, 0.717) is 0 Å². The largest absolute Gasteiger partial charge is 0.370 e. The fourth-order valence-corrected chi connectivity index (χ4v) is 1.34. The molecule has 0 bridgehead atoms.